The minimum absolute atomic E-state index is 0.0242. The van der Waals surface area contributed by atoms with Crippen molar-refractivity contribution >= 4 is 28.3 Å². The first-order valence-electron chi connectivity index (χ1n) is 9.73. The van der Waals surface area contributed by atoms with Crippen molar-refractivity contribution in [2.24, 2.45) is 0 Å². The number of benzene rings is 2. The maximum atomic E-state index is 15.7. The second-order valence-electron chi connectivity index (χ2n) is 7.64. The van der Waals surface area contributed by atoms with E-state index >= 15 is 4.39 Å². The van der Waals surface area contributed by atoms with Crippen LogP contribution in [0.3, 0.4) is 0 Å². The Morgan fingerprint density at radius 2 is 2.10 bits per heavy atom. The fraction of sp³-hybridized carbons (Fsp3) is 0.333. The van der Waals surface area contributed by atoms with Gasteiger partial charge in [-0.05, 0) is 19.1 Å². The number of rotatable bonds is 1. The maximum absolute atomic E-state index is 15.7. The van der Waals surface area contributed by atoms with Crippen molar-refractivity contribution in [2.75, 3.05) is 24.6 Å². The number of nitrogens with one attached hydrogen (secondary N) is 1. The number of nitrogens with zero attached hydrogens (tertiary/aromatic N) is 3. The van der Waals surface area contributed by atoms with Crippen LogP contribution in [-0.4, -0.2) is 46.9 Å². The molecule has 1 saturated heterocycles. The summed E-state index contributed by atoms with van der Waals surface area (Å²) in [6.07, 6.45) is 1.99. The number of ether oxygens (including phenoxy) is 1. The second kappa shape index (κ2) is 7.21. The van der Waals surface area contributed by atoms with Crippen LogP contribution >= 0.6 is 11.6 Å². The van der Waals surface area contributed by atoms with Crippen molar-refractivity contribution in [1.82, 2.24) is 15.3 Å². The zero-order chi connectivity index (χ0) is 21.0. The molecule has 0 bridgehead atoms. The third-order valence-corrected chi connectivity index (χ3v) is 6.09. The summed E-state index contributed by atoms with van der Waals surface area (Å²) in [6, 6.07) is 4.11. The predicted molar refractivity (Wildman–Crippen MR) is 110 cm³/mol. The van der Waals surface area contributed by atoms with Gasteiger partial charge in [-0.15, -0.1) is 0 Å². The Bertz CT molecular complexity index is 1140. The smallest absolute Gasteiger partial charge is 0.159 e. The zero-order valence-electron chi connectivity index (χ0n) is 16.1. The first kappa shape index (κ1) is 19.3. The van der Waals surface area contributed by atoms with Gasteiger partial charge in [-0.1, -0.05) is 17.7 Å². The Hall–Kier alpha value is -2.71. The molecular weight excluding hydrogens is 414 g/mol. The highest BCUT2D eigenvalue weighted by Gasteiger charge is 2.34. The summed E-state index contributed by atoms with van der Waals surface area (Å²) >= 11 is 6.58. The predicted octanol–water partition coefficient (Wildman–Crippen LogP) is 3.88. The monoisotopic (exact) mass is 432 g/mol. The molecule has 9 heteroatoms. The van der Waals surface area contributed by atoms with E-state index in [4.69, 9.17) is 16.3 Å². The van der Waals surface area contributed by atoms with E-state index in [0.717, 1.165) is 12.6 Å². The topological polar surface area (TPSA) is 70.5 Å². The van der Waals surface area contributed by atoms with E-state index in [1.807, 2.05) is 0 Å². The van der Waals surface area contributed by atoms with E-state index in [1.165, 1.54) is 18.5 Å². The van der Waals surface area contributed by atoms with Gasteiger partial charge in [0.25, 0.3) is 0 Å². The molecule has 0 spiro atoms. The molecule has 3 aromatic rings. The van der Waals surface area contributed by atoms with Crippen LogP contribution in [0.15, 0.2) is 24.5 Å². The van der Waals surface area contributed by atoms with Crippen LogP contribution < -0.4 is 15.0 Å². The average Bonchev–Trinajstić information content (AvgIpc) is 2.71. The number of halogens is 3. The molecule has 30 heavy (non-hydrogen) atoms. The van der Waals surface area contributed by atoms with Crippen LogP contribution in [0.2, 0.25) is 5.02 Å². The molecule has 0 radical (unpaired) electrons. The van der Waals surface area contributed by atoms with Crippen molar-refractivity contribution in [3.05, 3.63) is 41.2 Å². The molecule has 2 aliphatic rings. The Balaban J connectivity index is 1.84. The lowest BCUT2D eigenvalue weighted by molar-refractivity contribution is 0.276. The molecule has 2 aromatic carbocycles. The third kappa shape index (κ3) is 2.86. The quantitative estimate of drug-likeness (QED) is 0.608. The molecule has 6 nitrogen and oxygen atoms in total. The number of aromatic hydroxyl groups is 1. The molecule has 0 amide bonds. The molecule has 0 saturated carbocycles. The van der Waals surface area contributed by atoms with Crippen molar-refractivity contribution in [2.45, 2.75) is 25.4 Å². The number of aromatic nitrogens is 2. The van der Waals surface area contributed by atoms with E-state index in [2.05, 4.69) is 27.1 Å². The van der Waals surface area contributed by atoms with E-state index in [0.29, 0.717) is 30.8 Å². The average molecular weight is 433 g/mol. The summed E-state index contributed by atoms with van der Waals surface area (Å²) < 4.78 is 36.2. The highest BCUT2D eigenvalue weighted by atomic mass is 35.5. The van der Waals surface area contributed by atoms with Gasteiger partial charge in [-0.25, -0.2) is 18.7 Å². The molecule has 1 aromatic heterocycles. The fourth-order valence-electron chi connectivity index (χ4n) is 4.29. The van der Waals surface area contributed by atoms with Crippen LogP contribution in [0.1, 0.15) is 13.3 Å². The number of fused-ring (bicyclic) bond motifs is 2. The van der Waals surface area contributed by atoms with Crippen molar-refractivity contribution in [3.8, 4) is 22.6 Å². The second-order valence-corrected chi connectivity index (χ2v) is 8.02. The summed E-state index contributed by atoms with van der Waals surface area (Å²) in [5, 5.41) is 13.9. The number of phenols is 1. The van der Waals surface area contributed by atoms with Crippen LogP contribution in [0.4, 0.5) is 14.6 Å². The molecule has 156 valence electrons. The molecule has 0 aliphatic carbocycles. The van der Waals surface area contributed by atoms with Gasteiger partial charge in [0.2, 0.25) is 0 Å². The van der Waals surface area contributed by atoms with Gasteiger partial charge < -0.3 is 20.1 Å². The highest BCUT2D eigenvalue weighted by molar-refractivity contribution is 6.36. The molecule has 3 heterocycles. The summed E-state index contributed by atoms with van der Waals surface area (Å²) in [7, 11) is 0. The van der Waals surface area contributed by atoms with E-state index < -0.39 is 17.4 Å². The lowest BCUT2D eigenvalue weighted by Gasteiger charge is -2.41. The summed E-state index contributed by atoms with van der Waals surface area (Å²) in [6.45, 7) is 3.85. The lowest BCUT2D eigenvalue weighted by atomic mass is 9.98. The van der Waals surface area contributed by atoms with E-state index in [-0.39, 0.29) is 39.5 Å². The summed E-state index contributed by atoms with van der Waals surface area (Å²) in [5.41, 5.74) is -0.619. The van der Waals surface area contributed by atoms with Gasteiger partial charge in [-0.2, -0.15) is 0 Å². The first-order valence-corrected chi connectivity index (χ1v) is 10.1. The highest BCUT2D eigenvalue weighted by Crippen LogP contribution is 2.49. The minimum Gasteiger partial charge on any atom is -0.507 e. The largest absolute Gasteiger partial charge is 0.507 e. The van der Waals surface area contributed by atoms with Gasteiger partial charge in [0.05, 0.1) is 22.6 Å². The number of piperazine rings is 1. The number of hydrogen-bond donors (Lipinski definition) is 2. The van der Waals surface area contributed by atoms with Crippen molar-refractivity contribution < 1.29 is 18.6 Å². The van der Waals surface area contributed by atoms with Gasteiger partial charge in [-0.3, -0.25) is 0 Å². The normalized spacial score (nSPS) is 21.0. The number of hydrogen-bond acceptors (Lipinski definition) is 6. The molecule has 2 atom stereocenters. The van der Waals surface area contributed by atoms with Gasteiger partial charge in [0, 0.05) is 37.2 Å². The summed E-state index contributed by atoms with van der Waals surface area (Å²) in [4.78, 5) is 10.7. The first-order chi connectivity index (χ1) is 14.5. The van der Waals surface area contributed by atoms with Crippen molar-refractivity contribution in [3.63, 3.8) is 0 Å². The Morgan fingerprint density at radius 3 is 2.90 bits per heavy atom. The standard InChI is InChI=1S/C21H19ClF2N4O2/c1-10-8-28-11(7-25-10)5-6-30-20-16-19(26-9-27-21(16)28)18(24)15(17(20)22)14-12(23)3-2-4-13(14)29/h2-4,9-11,25,29H,5-8H2,1H3/t10-,11+/m0/s1. The Labute approximate surface area is 176 Å². The van der Waals surface area contributed by atoms with Crippen LogP contribution in [0.5, 0.6) is 11.5 Å². The molecule has 0 unspecified atom stereocenters. The number of anilines is 1. The van der Waals surface area contributed by atoms with Crippen LogP contribution in [-0.2, 0) is 0 Å². The summed E-state index contributed by atoms with van der Waals surface area (Å²) in [5.74, 6) is -1.30. The Kier molecular flexibility index (Phi) is 4.63. The fourth-order valence-corrected chi connectivity index (χ4v) is 4.62. The molecule has 2 aliphatic heterocycles. The van der Waals surface area contributed by atoms with E-state index in [9.17, 15) is 9.50 Å². The van der Waals surface area contributed by atoms with Crippen LogP contribution in [0.25, 0.3) is 22.0 Å². The molecular formula is C21H19ClF2N4O2. The van der Waals surface area contributed by atoms with Crippen LogP contribution in [0, 0.1) is 11.6 Å². The minimum atomic E-state index is -0.827. The Morgan fingerprint density at radius 1 is 1.27 bits per heavy atom. The molecule has 5 rings (SSSR count). The van der Waals surface area contributed by atoms with Gasteiger partial charge in [0.1, 0.15) is 29.2 Å². The third-order valence-electron chi connectivity index (χ3n) is 5.72. The SMILES string of the molecule is C[C@H]1CN2c3ncnc4c(F)c(-c5c(O)cccc5F)c(Cl)c(c34)OCC[C@@H]2CN1. The maximum Gasteiger partial charge on any atom is 0.159 e. The van der Waals surface area contributed by atoms with Gasteiger partial charge in [0.15, 0.2) is 11.6 Å². The number of phenolic OH excluding ortho intramolecular Hbond substituents is 1. The van der Waals surface area contributed by atoms with Crippen molar-refractivity contribution in [1.29, 1.82) is 0 Å². The van der Waals surface area contributed by atoms with E-state index in [1.54, 1.807) is 0 Å². The zero-order valence-corrected chi connectivity index (χ0v) is 16.9. The lowest BCUT2D eigenvalue weighted by Crippen LogP contribution is -2.56. The molecule has 2 N–H and O–H groups in total. The van der Waals surface area contributed by atoms with Gasteiger partial charge >= 0.3 is 0 Å². The molecule has 1 fully saturated rings.